The zero-order valence-corrected chi connectivity index (χ0v) is 11.5. The molecular formula is C12H18ClN5. The fourth-order valence-electron chi connectivity index (χ4n) is 1.80. The number of halogens is 1. The van der Waals surface area contributed by atoms with Gasteiger partial charge in [-0.25, -0.2) is 4.52 Å². The highest BCUT2D eigenvalue weighted by molar-refractivity contribution is 6.30. The lowest BCUT2D eigenvalue weighted by Gasteiger charge is -2.17. The molecule has 98 valence electrons. The summed E-state index contributed by atoms with van der Waals surface area (Å²) in [6, 6.07) is 3.66. The number of pyridine rings is 1. The molecule has 0 bridgehead atoms. The number of aromatic nitrogens is 3. The van der Waals surface area contributed by atoms with Gasteiger partial charge in [0.05, 0.1) is 5.02 Å². The van der Waals surface area contributed by atoms with Crippen LogP contribution in [0.25, 0.3) is 5.65 Å². The highest BCUT2D eigenvalue weighted by Gasteiger charge is 2.04. The zero-order valence-electron chi connectivity index (χ0n) is 10.7. The maximum absolute atomic E-state index is 5.90. The maximum Gasteiger partial charge on any atom is 0.243 e. The first-order valence-corrected chi connectivity index (χ1v) is 6.59. The molecule has 0 atom stereocenters. The SMILES string of the molecule is CCN(CC)CCNc1nc2ccc(Cl)cn2n1. The molecule has 0 fully saturated rings. The second-order valence-corrected chi connectivity index (χ2v) is 4.48. The second-order valence-electron chi connectivity index (χ2n) is 4.04. The summed E-state index contributed by atoms with van der Waals surface area (Å²) in [5.74, 6) is 0.643. The van der Waals surface area contributed by atoms with Crippen LogP contribution in [0, 0.1) is 0 Å². The molecule has 0 unspecified atom stereocenters. The van der Waals surface area contributed by atoms with Crippen LogP contribution in [0.4, 0.5) is 5.95 Å². The quantitative estimate of drug-likeness (QED) is 0.871. The van der Waals surface area contributed by atoms with E-state index in [1.54, 1.807) is 10.7 Å². The van der Waals surface area contributed by atoms with E-state index in [2.05, 4.69) is 34.1 Å². The van der Waals surface area contributed by atoms with Crippen LogP contribution >= 0.6 is 11.6 Å². The van der Waals surface area contributed by atoms with E-state index in [1.165, 1.54) is 0 Å². The lowest BCUT2D eigenvalue weighted by Crippen LogP contribution is -2.28. The Labute approximate surface area is 112 Å². The molecule has 18 heavy (non-hydrogen) atoms. The van der Waals surface area contributed by atoms with Gasteiger partial charge in [0.2, 0.25) is 5.95 Å². The van der Waals surface area contributed by atoms with E-state index in [0.29, 0.717) is 11.0 Å². The van der Waals surface area contributed by atoms with Crippen molar-refractivity contribution in [3.63, 3.8) is 0 Å². The molecule has 2 aromatic rings. The largest absolute Gasteiger partial charge is 0.352 e. The van der Waals surface area contributed by atoms with Gasteiger partial charge in [-0.15, -0.1) is 5.10 Å². The molecule has 0 aliphatic heterocycles. The molecule has 0 amide bonds. The lowest BCUT2D eigenvalue weighted by molar-refractivity contribution is 0.316. The van der Waals surface area contributed by atoms with E-state index in [9.17, 15) is 0 Å². The number of hydrogen-bond donors (Lipinski definition) is 1. The number of nitrogens with zero attached hydrogens (tertiary/aromatic N) is 4. The predicted octanol–water partition coefficient (Wildman–Crippen LogP) is 2.14. The van der Waals surface area contributed by atoms with Gasteiger partial charge in [-0.3, -0.25) is 0 Å². The number of hydrogen-bond acceptors (Lipinski definition) is 4. The smallest absolute Gasteiger partial charge is 0.243 e. The van der Waals surface area contributed by atoms with E-state index in [1.807, 2.05) is 12.1 Å². The van der Waals surface area contributed by atoms with Gasteiger partial charge in [-0.05, 0) is 25.2 Å². The Balaban J connectivity index is 1.95. The standard InChI is InChI=1S/C12H18ClN5/c1-3-17(4-2)8-7-14-12-15-11-6-5-10(13)9-18(11)16-12/h5-6,9H,3-4,7-8H2,1-2H3,(H,14,16). The monoisotopic (exact) mass is 267 g/mol. The highest BCUT2D eigenvalue weighted by Crippen LogP contribution is 2.11. The topological polar surface area (TPSA) is 45.5 Å². The Hall–Kier alpha value is -1.33. The van der Waals surface area contributed by atoms with Crippen LogP contribution < -0.4 is 5.32 Å². The molecule has 0 aliphatic rings. The Kier molecular flexibility index (Phi) is 4.38. The average molecular weight is 268 g/mol. The van der Waals surface area contributed by atoms with Crippen molar-refractivity contribution >= 4 is 23.2 Å². The summed E-state index contributed by atoms with van der Waals surface area (Å²) in [5, 5.41) is 8.19. The van der Waals surface area contributed by atoms with Crippen molar-refractivity contribution in [2.75, 3.05) is 31.5 Å². The fourth-order valence-corrected chi connectivity index (χ4v) is 1.95. The van der Waals surface area contributed by atoms with Crippen molar-refractivity contribution in [3.05, 3.63) is 23.4 Å². The van der Waals surface area contributed by atoms with Crippen molar-refractivity contribution in [3.8, 4) is 0 Å². The average Bonchev–Trinajstić information content (AvgIpc) is 2.76. The molecule has 0 aromatic carbocycles. The first-order valence-electron chi connectivity index (χ1n) is 6.21. The Morgan fingerprint density at radius 2 is 2.11 bits per heavy atom. The van der Waals surface area contributed by atoms with Crippen molar-refractivity contribution in [2.45, 2.75) is 13.8 Å². The van der Waals surface area contributed by atoms with E-state index in [4.69, 9.17) is 11.6 Å². The third-order valence-corrected chi connectivity index (χ3v) is 3.12. The Morgan fingerprint density at radius 3 is 2.83 bits per heavy atom. The first-order chi connectivity index (χ1) is 8.72. The Bertz CT molecular complexity index is 506. The molecule has 0 aliphatic carbocycles. The van der Waals surface area contributed by atoms with E-state index in [0.717, 1.165) is 31.8 Å². The fraction of sp³-hybridized carbons (Fsp3) is 0.500. The molecule has 0 radical (unpaired) electrons. The summed E-state index contributed by atoms with van der Waals surface area (Å²) in [7, 11) is 0. The van der Waals surface area contributed by atoms with Crippen LogP contribution in [-0.4, -0.2) is 45.7 Å². The molecule has 2 heterocycles. The minimum atomic E-state index is 0.643. The third-order valence-electron chi connectivity index (χ3n) is 2.90. The molecular weight excluding hydrogens is 250 g/mol. The van der Waals surface area contributed by atoms with Gasteiger partial charge in [0.25, 0.3) is 0 Å². The van der Waals surface area contributed by atoms with Crippen LogP contribution in [0.3, 0.4) is 0 Å². The third kappa shape index (κ3) is 3.11. The van der Waals surface area contributed by atoms with Crippen LogP contribution in [0.2, 0.25) is 5.02 Å². The van der Waals surface area contributed by atoms with Crippen LogP contribution in [0.5, 0.6) is 0 Å². The maximum atomic E-state index is 5.90. The van der Waals surface area contributed by atoms with Gasteiger partial charge in [-0.2, -0.15) is 4.98 Å². The van der Waals surface area contributed by atoms with E-state index < -0.39 is 0 Å². The summed E-state index contributed by atoms with van der Waals surface area (Å²) in [5.41, 5.74) is 0.796. The number of likely N-dealkylation sites (N-methyl/N-ethyl adjacent to an activating group) is 1. The molecule has 0 saturated carbocycles. The molecule has 6 heteroatoms. The van der Waals surface area contributed by atoms with E-state index in [-0.39, 0.29) is 0 Å². The van der Waals surface area contributed by atoms with Crippen LogP contribution in [-0.2, 0) is 0 Å². The normalized spacial score (nSPS) is 11.3. The molecule has 1 N–H and O–H groups in total. The van der Waals surface area contributed by atoms with Gasteiger partial charge >= 0.3 is 0 Å². The van der Waals surface area contributed by atoms with Crippen molar-refractivity contribution in [1.29, 1.82) is 0 Å². The van der Waals surface area contributed by atoms with Gasteiger partial charge < -0.3 is 10.2 Å². The summed E-state index contributed by atoms with van der Waals surface area (Å²) in [4.78, 5) is 6.71. The summed E-state index contributed by atoms with van der Waals surface area (Å²) in [6.45, 7) is 8.28. The predicted molar refractivity (Wildman–Crippen MR) is 74.3 cm³/mol. The number of anilines is 1. The summed E-state index contributed by atoms with van der Waals surface area (Å²) < 4.78 is 1.68. The molecule has 0 saturated heterocycles. The van der Waals surface area contributed by atoms with Crippen molar-refractivity contribution < 1.29 is 0 Å². The van der Waals surface area contributed by atoms with Gasteiger partial charge in [0.15, 0.2) is 5.65 Å². The molecule has 0 spiro atoms. The van der Waals surface area contributed by atoms with E-state index >= 15 is 0 Å². The minimum Gasteiger partial charge on any atom is -0.352 e. The van der Waals surface area contributed by atoms with Gasteiger partial charge in [-0.1, -0.05) is 25.4 Å². The Morgan fingerprint density at radius 1 is 1.33 bits per heavy atom. The van der Waals surface area contributed by atoms with Crippen LogP contribution in [0.15, 0.2) is 18.3 Å². The van der Waals surface area contributed by atoms with Gasteiger partial charge in [0.1, 0.15) is 0 Å². The second kappa shape index (κ2) is 6.02. The van der Waals surface area contributed by atoms with Crippen molar-refractivity contribution in [1.82, 2.24) is 19.5 Å². The van der Waals surface area contributed by atoms with Crippen molar-refractivity contribution in [2.24, 2.45) is 0 Å². The molecule has 5 nitrogen and oxygen atoms in total. The molecule has 2 aromatic heterocycles. The summed E-state index contributed by atoms with van der Waals surface area (Å²) in [6.07, 6.45) is 1.75. The molecule has 2 rings (SSSR count). The summed E-state index contributed by atoms with van der Waals surface area (Å²) >= 11 is 5.90. The number of fused-ring (bicyclic) bond motifs is 1. The highest BCUT2D eigenvalue weighted by atomic mass is 35.5. The first kappa shape index (κ1) is 13.1. The lowest BCUT2D eigenvalue weighted by atomic mass is 10.4. The number of nitrogens with one attached hydrogen (secondary N) is 1. The minimum absolute atomic E-state index is 0.643. The zero-order chi connectivity index (χ0) is 13.0. The number of rotatable bonds is 6. The van der Waals surface area contributed by atoms with Crippen LogP contribution in [0.1, 0.15) is 13.8 Å². The van der Waals surface area contributed by atoms with Gasteiger partial charge in [0, 0.05) is 19.3 Å².